The third-order valence-electron chi connectivity index (χ3n) is 4.28. The van der Waals surface area contributed by atoms with Crippen molar-refractivity contribution >= 4 is 22.1 Å². The van der Waals surface area contributed by atoms with Crippen molar-refractivity contribution in [2.24, 2.45) is 0 Å². The first-order valence-corrected chi connectivity index (χ1v) is 11.0. The minimum atomic E-state index is -4.76. The fourth-order valence-electron chi connectivity index (χ4n) is 2.65. The molecule has 180 valence electrons. The van der Waals surface area contributed by atoms with Gasteiger partial charge in [0.1, 0.15) is 23.7 Å². The van der Waals surface area contributed by atoms with E-state index in [0.29, 0.717) is 11.6 Å². The molecule has 1 N–H and O–H groups in total. The highest BCUT2D eigenvalue weighted by molar-refractivity contribution is 7.85. The summed E-state index contributed by atoms with van der Waals surface area (Å²) < 4.78 is 85.0. The van der Waals surface area contributed by atoms with E-state index in [9.17, 15) is 31.2 Å². The number of halogens is 3. The molecule has 2 rings (SSSR count). The molecule has 0 aliphatic heterocycles. The van der Waals surface area contributed by atoms with Crippen LogP contribution in [0.3, 0.4) is 0 Å². The Morgan fingerprint density at radius 3 is 2.21 bits per heavy atom. The van der Waals surface area contributed by atoms with E-state index in [4.69, 9.17) is 14.0 Å². The number of hydrogen-bond donors (Lipinski definition) is 1. The standard InChI is InChI=1S/C21H21F3O8S/c1-20(2,15-6-4-3-5-7-15)32-17-12-14(8-9-16(17)21(22,23)24)19(26)31-13-18(25)30-10-11-33(27,28)29/h3-9,12H,10-11,13H2,1-2H3,(H,27,28,29). The van der Waals surface area contributed by atoms with Gasteiger partial charge in [0.05, 0.1) is 11.1 Å². The minimum Gasteiger partial charge on any atom is -0.483 e. The van der Waals surface area contributed by atoms with Gasteiger partial charge >= 0.3 is 18.1 Å². The van der Waals surface area contributed by atoms with Crippen LogP contribution in [0, 0.1) is 0 Å². The predicted octanol–water partition coefficient (Wildman–Crippen LogP) is 3.61. The molecule has 33 heavy (non-hydrogen) atoms. The monoisotopic (exact) mass is 490 g/mol. The normalized spacial score (nSPS) is 12.2. The molecular formula is C21H21F3O8S. The lowest BCUT2D eigenvalue weighted by Crippen LogP contribution is -2.27. The maximum Gasteiger partial charge on any atom is 0.419 e. The first kappa shape index (κ1) is 26.1. The van der Waals surface area contributed by atoms with Gasteiger partial charge in [0.2, 0.25) is 0 Å². The van der Waals surface area contributed by atoms with Crippen molar-refractivity contribution < 1.29 is 49.9 Å². The van der Waals surface area contributed by atoms with E-state index >= 15 is 0 Å². The lowest BCUT2D eigenvalue weighted by molar-refractivity contribution is -0.146. The van der Waals surface area contributed by atoms with Crippen molar-refractivity contribution in [1.82, 2.24) is 0 Å². The van der Waals surface area contributed by atoms with Gasteiger partial charge in [-0.1, -0.05) is 30.3 Å². The third-order valence-corrected chi connectivity index (χ3v) is 4.96. The zero-order valence-corrected chi connectivity index (χ0v) is 18.4. The summed E-state index contributed by atoms with van der Waals surface area (Å²) in [4.78, 5) is 23.7. The topological polar surface area (TPSA) is 116 Å². The van der Waals surface area contributed by atoms with Crippen LogP contribution < -0.4 is 4.74 Å². The molecule has 0 aromatic heterocycles. The summed E-state index contributed by atoms with van der Waals surface area (Å²) in [5.41, 5.74) is -2.00. The number of alkyl halides is 3. The smallest absolute Gasteiger partial charge is 0.419 e. The van der Waals surface area contributed by atoms with Gasteiger partial charge in [-0.05, 0) is 37.6 Å². The van der Waals surface area contributed by atoms with Crippen molar-refractivity contribution in [1.29, 1.82) is 0 Å². The van der Waals surface area contributed by atoms with E-state index < -0.39 is 64.1 Å². The fraction of sp³-hybridized carbons (Fsp3) is 0.333. The summed E-state index contributed by atoms with van der Waals surface area (Å²) in [5, 5.41) is 0. The van der Waals surface area contributed by atoms with Crippen molar-refractivity contribution in [3.05, 3.63) is 65.2 Å². The Morgan fingerprint density at radius 1 is 1.00 bits per heavy atom. The molecule has 0 saturated heterocycles. The zero-order valence-electron chi connectivity index (χ0n) is 17.6. The second-order valence-electron chi connectivity index (χ2n) is 7.27. The molecule has 0 saturated carbocycles. The van der Waals surface area contributed by atoms with E-state index in [1.807, 2.05) is 0 Å². The van der Waals surface area contributed by atoms with Crippen LogP contribution in [0.5, 0.6) is 5.75 Å². The molecule has 0 radical (unpaired) electrons. The Morgan fingerprint density at radius 2 is 1.64 bits per heavy atom. The highest BCUT2D eigenvalue weighted by Crippen LogP contribution is 2.39. The number of carbonyl (C=O) groups excluding carboxylic acids is 2. The van der Waals surface area contributed by atoms with Crippen LogP contribution in [0.15, 0.2) is 48.5 Å². The predicted molar refractivity (Wildman–Crippen MR) is 109 cm³/mol. The second-order valence-corrected chi connectivity index (χ2v) is 8.84. The van der Waals surface area contributed by atoms with E-state index in [1.54, 1.807) is 44.2 Å². The van der Waals surface area contributed by atoms with E-state index in [0.717, 1.165) is 12.1 Å². The summed E-state index contributed by atoms with van der Waals surface area (Å²) in [7, 11) is -4.34. The van der Waals surface area contributed by atoms with E-state index in [-0.39, 0.29) is 5.56 Å². The molecule has 2 aromatic carbocycles. The maximum atomic E-state index is 13.5. The van der Waals surface area contributed by atoms with Gasteiger partial charge in [-0.25, -0.2) is 9.59 Å². The summed E-state index contributed by atoms with van der Waals surface area (Å²) in [6, 6.07) is 10.9. The number of ether oxygens (including phenoxy) is 3. The number of carbonyl (C=O) groups is 2. The van der Waals surface area contributed by atoms with Gasteiger partial charge in [-0.3, -0.25) is 4.55 Å². The quantitative estimate of drug-likeness (QED) is 0.419. The average Bonchev–Trinajstić information content (AvgIpc) is 2.70. The Bertz CT molecular complexity index is 1100. The number of hydrogen-bond acceptors (Lipinski definition) is 7. The molecule has 0 unspecified atom stereocenters. The Hall–Kier alpha value is -3.12. The molecular weight excluding hydrogens is 469 g/mol. The molecule has 0 aliphatic carbocycles. The first-order valence-electron chi connectivity index (χ1n) is 9.43. The third kappa shape index (κ3) is 8.06. The van der Waals surface area contributed by atoms with E-state index in [1.165, 1.54) is 0 Å². The van der Waals surface area contributed by atoms with Gasteiger partial charge in [-0.2, -0.15) is 21.6 Å². The number of rotatable bonds is 9. The van der Waals surface area contributed by atoms with Crippen LogP contribution in [0.1, 0.15) is 35.3 Å². The van der Waals surface area contributed by atoms with Crippen LogP contribution in [-0.2, 0) is 36.2 Å². The molecule has 0 fully saturated rings. The lowest BCUT2D eigenvalue weighted by atomic mass is 9.97. The highest BCUT2D eigenvalue weighted by Gasteiger charge is 2.37. The largest absolute Gasteiger partial charge is 0.483 e. The maximum absolute atomic E-state index is 13.5. The van der Waals surface area contributed by atoms with Crippen molar-refractivity contribution in [3.63, 3.8) is 0 Å². The highest BCUT2D eigenvalue weighted by atomic mass is 32.2. The van der Waals surface area contributed by atoms with E-state index in [2.05, 4.69) is 4.74 Å². The van der Waals surface area contributed by atoms with Crippen LogP contribution in [0.4, 0.5) is 13.2 Å². The van der Waals surface area contributed by atoms with Gasteiger partial charge in [0.25, 0.3) is 10.1 Å². The second kappa shape index (κ2) is 10.2. The first-order chi connectivity index (χ1) is 15.2. The molecule has 2 aromatic rings. The number of esters is 2. The Kier molecular flexibility index (Phi) is 8.09. The number of benzene rings is 2. The summed E-state index contributed by atoms with van der Waals surface area (Å²) >= 11 is 0. The van der Waals surface area contributed by atoms with Gasteiger partial charge < -0.3 is 14.2 Å². The van der Waals surface area contributed by atoms with Crippen LogP contribution in [-0.4, -0.2) is 43.9 Å². The zero-order chi connectivity index (χ0) is 24.9. The van der Waals surface area contributed by atoms with Crippen molar-refractivity contribution in [2.45, 2.75) is 25.6 Å². The lowest BCUT2D eigenvalue weighted by Gasteiger charge is -2.29. The fourth-order valence-corrected chi connectivity index (χ4v) is 2.95. The SMILES string of the molecule is CC(C)(Oc1cc(C(=O)OCC(=O)OCCS(=O)(=O)O)ccc1C(F)(F)F)c1ccccc1. The minimum absolute atomic E-state index is 0.312. The molecule has 0 spiro atoms. The van der Waals surface area contributed by atoms with Crippen LogP contribution in [0.25, 0.3) is 0 Å². The van der Waals surface area contributed by atoms with Crippen molar-refractivity contribution in [3.8, 4) is 5.75 Å². The molecule has 0 atom stereocenters. The molecule has 0 amide bonds. The Balaban J connectivity index is 2.17. The summed E-state index contributed by atoms with van der Waals surface area (Å²) in [5.74, 6) is -3.69. The average molecular weight is 490 g/mol. The summed E-state index contributed by atoms with van der Waals surface area (Å²) in [6.45, 7) is 1.55. The molecule has 0 aliphatic rings. The van der Waals surface area contributed by atoms with Crippen molar-refractivity contribution in [2.75, 3.05) is 19.0 Å². The van der Waals surface area contributed by atoms with Crippen LogP contribution in [0.2, 0.25) is 0 Å². The summed E-state index contributed by atoms with van der Waals surface area (Å²) in [6.07, 6.45) is -4.76. The molecule has 0 heterocycles. The molecule has 8 nitrogen and oxygen atoms in total. The van der Waals surface area contributed by atoms with Gasteiger partial charge in [-0.15, -0.1) is 0 Å². The molecule has 0 bridgehead atoms. The Labute approximate surface area is 188 Å². The van der Waals surface area contributed by atoms with Gasteiger partial charge in [0.15, 0.2) is 6.61 Å². The molecule has 12 heteroatoms. The van der Waals surface area contributed by atoms with Crippen LogP contribution >= 0.6 is 0 Å². The van der Waals surface area contributed by atoms with Gasteiger partial charge in [0, 0.05) is 0 Å².